The van der Waals surface area contributed by atoms with Crippen LogP contribution in [0.25, 0.3) is 0 Å². The summed E-state index contributed by atoms with van der Waals surface area (Å²) in [5, 5.41) is 6.71. The second-order valence-corrected chi connectivity index (χ2v) is 9.28. The lowest BCUT2D eigenvalue weighted by atomic mass is 9.99. The number of rotatable bonds is 12. The second kappa shape index (κ2) is 12.8. The first-order valence-electron chi connectivity index (χ1n) is 10.3. The van der Waals surface area contributed by atoms with Gasteiger partial charge in [-0.2, -0.15) is 0 Å². The van der Waals surface area contributed by atoms with E-state index in [0.29, 0.717) is 12.5 Å². The highest BCUT2D eigenvalue weighted by molar-refractivity contribution is 7.88. The van der Waals surface area contributed by atoms with Crippen molar-refractivity contribution in [3.05, 3.63) is 35.4 Å². The third kappa shape index (κ3) is 9.55. The fraction of sp³-hybridized carbons (Fsp3) is 0.667. The number of hydrogen-bond acceptors (Lipinski definition) is 3. The maximum Gasteiger partial charge on any atom is 0.216 e. The van der Waals surface area contributed by atoms with E-state index < -0.39 is 10.0 Å². The lowest BCUT2D eigenvalue weighted by molar-refractivity contribution is 0.443. The van der Waals surface area contributed by atoms with E-state index in [-0.39, 0.29) is 11.8 Å². The standard InChI is InChI=1S/C21H38N4O2S/c1-6-8-11-18(7-2)14-23-21(22-5)24-15-19-12-9-10-13-20(19)16-28(26,27)25-17(3)4/h9-10,12-13,17-18,25H,6-8,11,14-16H2,1-5H3,(H2,22,23,24). The first-order valence-corrected chi connectivity index (χ1v) is 12.0. The minimum Gasteiger partial charge on any atom is -0.356 e. The molecule has 160 valence electrons. The van der Waals surface area contributed by atoms with Gasteiger partial charge in [-0.1, -0.05) is 57.4 Å². The van der Waals surface area contributed by atoms with Gasteiger partial charge in [0.05, 0.1) is 5.75 Å². The number of guanidine groups is 1. The van der Waals surface area contributed by atoms with Crippen LogP contribution in [0.2, 0.25) is 0 Å². The third-order valence-corrected chi connectivity index (χ3v) is 6.17. The van der Waals surface area contributed by atoms with Crippen LogP contribution >= 0.6 is 0 Å². The van der Waals surface area contributed by atoms with E-state index in [2.05, 4.69) is 34.2 Å². The number of nitrogens with one attached hydrogen (secondary N) is 3. The molecule has 0 aliphatic heterocycles. The Hall–Kier alpha value is -1.60. The topological polar surface area (TPSA) is 82.6 Å². The molecule has 1 rings (SSSR count). The summed E-state index contributed by atoms with van der Waals surface area (Å²) in [5.41, 5.74) is 1.76. The Bertz CT molecular complexity index is 702. The Kier molecular flexibility index (Phi) is 11.2. The second-order valence-electron chi connectivity index (χ2n) is 7.52. The maximum absolute atomic E-state index is 12.3. The first-order chi connectivity index (χ1) is 13.3. The van der Waals surface area contributed by atoms with Gasteiger partial charge in [0.1, 0.15) is 0 Å². The van der Waals surface area contributed by atoms with Crippen LogP contribution in [0, 0.1) is 5.92 Å². The van der Waals surface area contributed by atoms with Gasteiger partial charge in [0, 0.05) is 26.2 Å². The first kappa shape index (κ1) is 24.4. The van der Waals surface area contributed by atoms with E-state index in [1.807, 2.05) is 38.1 Å². The van der Waals surface area contributed by atoms with Crippen molar-refractivity contribution in [2.45, 2.75) is 71.7 Å². The molecule has 0 radical (unpaired) electrons. The Morgan fingerprint density at radius 2 is 1.79 bits per heavy atom. The third-order valence-electron chi connectivity index (χ3n) is 4.65. The fourth-order valence-electron chi connectivity index (χ4n) is 3.06. The molecule has 3 N–H and O–H groups in total. The van der Waals surface area contributed by atoms with E-state index in [9.17, 15) is 8.42 Å². The quantitative estimate of drug-likeness (QED) is 0.364. The summed E-state index contributed by atoms with van der Waals surface area (Å²) in [7, 11) is -1.60. The van der Waals surface area contributed by atoms with Gasteiger partial charge in [-0.25, -0.2) is 13.1 Å². The Balaban J connectivity index is 2.68. The summed E-state index contributed by atoms with van der Waals surface area (Å²) in [6.07, 6.45) is 4.83. The number of benzene rings is 1. The number of hydrogen-bond donors (Lipinski definition) is 3. The fourth-order valence-corrected chi connectivity index (χ4v) is 4.55. The van der Waals surface area contributed by atoms with Crippen LogP contribution in [0.5, 0.6) is 0 Å². The van der Waals surface area contributed by atoms with Crippen molar-refractivity contribution in [3.8, 4) is 0 Å². The van der Waals surface area contributed by atoms with Gasteiger partial charge in [0.2, 0.25) is 10.0 Å². The number of sulfonamides is 1. The number of unbranched alkanes of at least 4 members (excludes halogenated alkanes) is 1. The highest BCUT2D eigenvalue weighted by Gasteiger charge is 2.15. The molecule has 0 saturated carbocycles. The van der Waals surface area contributed by atoms with E-state index in [4.69, 9.17) is 0 Å². The van der Waals surface area contributed by atoms with Gasteiger partial charge in [0.15, 0.2) is 5.96 Å². The lowest BCUT2D eigenvalue weighted by Crippen LogP contribution is -2.39. The summed E-state index contributed by atoms with van der Waals surface area (Å²) >= 11 is 0. The highest BCUT2D eigenvalue weighted by Crippen LogP contribution is 2.13. The van der Waals surface area contributed by atoms with Gasteiger partial charge in [-0.05, 0) is 37.3 Å². The number of nitrogens with zero attached hydrogens (tertiary/aromatic N) is 1. The van der Waals surface area contributed by atoms with Gasteiger partial charge in [-0.3, -0.25) is 4.99 Å². The summed E-state index contributed by atoms with van der Waals surface area (Å²) in [5.74, 6) is 1.36. The zero-order valence-corrected chi connectivity index (χ0v) is 18.9. The monoisotopic (exact) mass is 410 g/mol. The Labute approximate surface area is 171 Å². The van der Waals surface area contributed by atoms with Crippen molar-refractivity contribution in [1.29, 1.82) is 0 Å². The Morgan fingerprint density at radius 1 is 1.11 bits per heavy atom. The molecule has 1 unspecified atom stereocenters. The van der Waals surface area contributed by atoms with E-state index >= 15 is 0 Å². The lowest BCUT2D eigenvalue weighted by Gasteiger charge is -2.19. The van der Waals surface area contributed by atoms with Gasteiger partial charge in [0.25, 0.3) is 0 Å². The van der Waals surface area contributed by atoms with Crippen LogP contribution in [-0.4, -0.2) is 34.0 Å². The van der Waals surface area contributed by atoms with Crippen molar-refractivity contribution in [2.24, 2.45) is 10.9 Å². The summed E-state index contributed by atoms with van der Waals surface area (Å²) in [6, 6.07) is 7.51. The van der Waals surface area contributed by atoms with Crippen LogP contribution in [0.3, 0.4) is 0 Å². The molecule has 7 heteroatoms. The molecule has 0 aromatic heterocycles. The van der Waals surface area contributed by atoms with Crippen molar-refractivity contribution < 1.29 is 8.42 Å². The van der Waals surface area contributed by atoms with Gasteiger partial charge < -0.3 is 10.6 Å². The molecule has 6 nitrogen and oxygen atoms in total. The SMILES string of the molecule is CCCCC(CC)CNC(=NC)NCc1ccccc1CS(=O)(=O)NC(C)C. The van der Waals surface area contributed by atoms with Crippen molar-refractivity contribution in [2.75, 3.05) is 13.6 Å². The molecule has 0 bridgehead atoms. The van der Waals surface area contributed by atoms with Crippen molar-refractivity contribution in [3.63, 3.8) is 0 Å². The molecule has 0 fully saturated rings. The van der Waals surface area contributed by atoms with E-state index in [1.165, 1.54) is 19.3 Å². The molecule has 0 spiro atoms. The molecule has 1 aromatic rings. The average molecular weight is 411 g/mol. The molecule has 1 aromatic carbocycles. The zero-order valence-electron chi connectivity index (χ0n) is 18.1. The summed E-state index contributed by atoms with van der Waals surface area (Å²) < 4.78 is 27.2. The molecular weight excluding hydrogens is 372 g/mol. The predicted molar refractivity (Wildman–Crippen MR) is 119 cm³/mol. The van der Waals surface area contributed by atoms with Crippen molar-refractivity contribution >= 4 is 16.0 Å². The molecule has 0 saturated heterocycles. The van der Waals surface area contributed by atoms with Crippen molar-refractivity contribution in [1.82, 2.24) is 15.4 Å². The molecule has 0 amide bonds. The van der Waals surface area contributed by atoms with Crippen LogP contribution in [0.15, 0.2) is 29.3 Å². The highest BCUT2D eigenvalue weighted by atomic mass is 32.2. The smallest absolute Gasteiger partial charge is 0.216 e. The minimum absolute atomic E-state index is 0.0238. The largest absolute Gasteiger partial charge is 0.356 e. The zero-order chi connectivity index (χ0) is 21.0. The van der Waals surface area contributed by atoms with Crippen LogP contribution in [0.4, 0.5) is 0 Å². The van der Waals surface area contributed by atoms with Crippen LogP contribution in [0.1, 0.15) is 64.5 Å². The molecule has 0 aliphatic carbocycles. The van der Waals surface area contributed by atoms with E-state index in [1.54, 1.807) is 7.05 Å². The van der Waals surface area contributed by atoms with Crippen LogP contribution in [-0.2, 0) is 22.3 Å². The molecule has 0 aliphatic rings. The molecule has 1 atom stereocenters. The predicted octanol–water partition coefficient (Wildman–Crippen LogP) is 3.40. The molecule has 28 heavy (non-hydrogen) atoms. The number of aliphatic imine (C=N–C) groups is 1. The van der Waals surface area contributed by atoms with Gasteiger partial charge in [-0.15, -0.1) is 0 Å². The normalized spacial score (nSPS) is 13.6. The summed E-state index contributed by atoms with van der Waals surface area (Å²) in [6.45, 7) is 9.51. The van der Waals surface area contributed by atoms with Gasteiger partial charge >= 0.3 is 0 Å². The maximum atomic E-state index is 12.3. The summed E-state index contributed by atoms with van der Waals surface area (Å²) in [4.78, 5) is 4.30. The average Bonchev–Trinajstić information content (AvgIpc) is 2.63. The molecule has 0 heterocycles. The van der Waals surface area contributed by atoms with Crippen LogP contribution < -0.4 is 15.4 Å². The van der Waals surface area contributed by atoms with E-state index in [0.717, 1.165) is 30.1 Å². The minimum atomic E-state index is -3.36. The molecular formula is C21H38N4O2S. The Morgan fingerprint density at radius 3 is 2.36 bits per heavy atom.